The van der Waals surface area contributed by atoms with Crippen LogP contribution in [0.4, 0.5) is 4.39 Å². The fraction of sp³-hybridized carbons (Fsp3) is 0.533. The van der Waals surface area contributed by atoms with Crippen LogP contribution in [0.25, 0.3) is 11.0 Å². The highest BCUT2D eigenvalue weighted by atomic mass is 19.1. The number of benzene rings is 1. The Hall–Kier alpha value is -1.42. The largest absolute Gasteiger partial charge is 0.327 e. The molecule has 2 N–H and O–H groups in total. The highest BCUT2D eigenvalue weighted by molar-refractivity contribution is 5.76. The van der Waals surface area contributed by atoms with Gasteiger partial charge in [0.05, 0.1) is 11.6 Å². The number of rotatable bonds is 5. The Labute approximate surface area is 113 Å². The molecule has 2 aromatic rings. The minimum Gasteiger partial charge on any atom is -0.327 e. The van der Waals surface area contributed by atoms with Gasteiger partial charge in [-0.3, -0.25) is 0 Å². The lowest BCUT2D eigenvalue weighted by Crippen LogP contribution is -2.18. The van der Waals surface area contributed by atoms with Crippen molar-refractivity contribution >= 4 is 11.0 Å². The molecule has 0 saturated carbocycles. The maximum atomic E-state index is 13.8. The number of halogens is 1. The van der Waals surface area contributed by atoms with Crippen LogP contribution in [0.15, 0.2) is 18.2 Å². The SMILES string of the molecule is CCCn1c(C(N)CC(C)C)nc2c(F)cccc21. The molecule has 0 aliphatic rings. The lowest BCUT2D eigenvalue weighted by atomic mass is 10.0. The molecule has 2 rings (SSSR count). The van der Waals surface area contributed by atoms with E-state index in [0.29, 0.717) is 11.4 Å². The van der Waals surface area contributed by atoms with Crippen molar-refractivity contribution in [2.24, 2.45) is 11.7 Å². The van der Waals surface area contributed by atoms with Crippen LogP contribution in [0.3, 0.4) is 0 Å². The van der Waals surface area contributed by atoms with Gasteiger partial charge in [-0.25, -0.2) is 9.37 Å². The second-order valence-corrected chi connectivity index (χ2v) is 5.47. The van der Waals surface area contributed by atoms with Gasteiger partial charge in [0.2, 0.25) is 0 Å². The van der Waals surface area contributed by atoms with Crippen molar-refractivity contribution < 1.29 is 4.39 Å². The molecule has 1 heterocycles. The van der Waals surface area contributed by atoms with Crippen molar-refractivity contribution in [3.63, 3.8) is 0 Å². The highest BCUT2D eigenvalue weighted by Gasteiger charge is 2.19. The van der Waals surface area contributed by atoms with Crippen LogP contribution in [-0.4, -0.2) is 9.55 Å². The van der Waals surface area contributed by atoms with Crippen LogP contribution in [-0.2, 0) is 6.54 Å². The maximum Gasteiger partial charge on any atom is 0.151 e. The summed E-state index contributed by atoms with van der Waals surface area (Å²) < 4.78 is 15.9. The first kappa shape index (κ1) is 14.0. The smallest absolute Gasteiger partial charge is 0.151 e. The third-order valence-electron chi connectivity index (χ3n) is 3.26. The number of aromatic nitrogens is 2. The zero-order chi connectivity index (χ0) is 14.0. The fourth-order valence-corrected chi connectivity index (χ4v) is 2.49. The van der Waals surface area contributed by atoms with Gasteiger partial charge >= 0.3 is 0 Å². The number of imidazole rings is 1. The van der Waals surface area contributed by atoms with Crippen molar-refractivity contribution in [2.45, 2.75) is 46.2 Å². The normalized spacial score (nSPS) is 13.4. The monoisotopic (exact) mass is 263 g/mol. The molecule has 0 amide bonds. The number of aryl methyl sites for hydroxylation is 1. The van der Waals surface area contributed by atoms with Gasteiger partial charge in [0.15, 0.2) is 5.82 Å². The zero-order valence-electron chi connectivity index (χ0n) is 11.9. The minimum absolute atomic E-state index is 0.140. The van der Waals surface area contributed by atoms with Crippen LogP contribution < -0.4 is 5.73 Å². The minimum atomic E-state index is -0.273. The maximum absolute atomic E-state index is 13.8. The molecule has 104 valence electrons. The number of nitrogens with zero attached hydrogens (tertiary/aromatic N) is 2. The molecule has 0 spiro atoms. The predicted molar refractivity (Wildman–Crippen MR) is 76.4 cm³/mol. The van der Waals surface area contributed by atoms with Crippen LogP contribution in [0.2, 0.25) is 0 Å². The summed E-state index contributed by atoms with van der Waals surface area (Å²) in [5, 5.41) is 0. The summed E-state index contributed by atoms with van der Waals surface area (Å²) in [7, 11) is 0. The summed E-state index contributed by atoms with van der Waals surface area (Å²) >= 11 is 0. The van der Waals surface area contributed by atoms with E-state index in [9.17, 15) is 4.39 Å². The Balaban J connectivity index is 2.52. The second kappa shape index (κ2) is 5.70. The van der Waals surface area contributed by atoms with Gasteiger partial charge < -0.3 is 10.3 Å². The van der Waals surface area contributed by atoms with Crippen LogP contribution >= 0.6 is 0 Å². The lowest BCUT2D eigenvalue weighted by molar-refractivity contribution is 0.475. The second-order valence-electron chi connectivity index (χ2n) is 5.47. The zero-order valence-corrected chi connectivity index (χ0v) is 11.9. The van der Waals surface area contributed by atoms with Crippen molar-refractivity contribution in [3.8, 4) is 0 Å². The van der Waals surface area contributed by atoms with Gasteiger partial charge in [-0.05, 0) is 30.9 Å². The molecular formula is C15H22FN3. The Morgan fingerprint density at radius 2 is 2.11 bits per heavy atom. The Morgan fingerprint density at radius 3 is 2.74 bits per heavy atom. The molecule has 0 aliphatic heterocycles. The fourth-order valence-electron chi connectivity index (χ4n) is 2.49. The Morgan fingerprint density at radius 1 is 1.37 bits per heavy atom. The number of hydrogen-bond acceptors (Lipinski definition) is 2. The lowest BCUT2D eigenvalue weighted by Gasteiger charge is -2.15. The average molecular weight is 263 g/mol. The summed E-state index contributed by atoms with van der Waals surface area (Å²) in [5.41, 5.74) is 7.51. The van der Waals surface area contributed by atoms with Crippen molar-refractivity contribution in [2.75, 3.05) is 0 Å². The van der Waals surface area contributed by atoms with Gasteiger partial charge in [-0.2, -0.15) is 0 Å². The molecule has 1 atom stereocenters. The molecular weight excluding hydrogens is 241 g/mol. The first-order valence-electron chi connectivity index (χ1n) is 6.94. The van der Waals surface area contributed by atoms with E-state index in [4.69, 9.17) is 5.73 Å². The van der Waals surface area contributed by atoms with E-state index in [1.54, 1.807) is 6.07 Å². The Kier molecular flexibility index (Phi) is 4.20. The molecule has 0 bridgehead atoms. The number of para-hydroxylation sites is 1. The number of hydrogen-bond donors (Lipinski definition) is 1. The molecule has 19 heavy (non-hydrogen) atoms. The molecule has 0 aliphatic carbocycles. The van der Waals surface area contributed by atoms with E-state index in [-0.39, 0.29) is 11.9 Å². The summed E-state index contributed by atoms with van der Waals surface area (Å²) in [6.07, 6.45) is 1.83. The van der Waals surface area contributed by atoms with Gasteiger partial charge in [-0.15, -0.1) is 0 Å². The van der Waals surface area contributed by atoms with E-state index in [0.717, 1.165) is 30.7 Å². The number of nitrogens with two attached hydrogens (primary N) is 1. The van der Waals surface area contributed by atoms with Crippen molar-refractivity contribution in [1.29, 1.82) is 0 Å². The van der Waals surface area contributed by atoms with Crippen LogP contribution in [0, 0.1) is 11.7 Å². The van der Waals surface area contributed by atoms with Crippen molar-refractivity contribution in [1.82, 2.24) is 9.55 Å². The molecule has 3 nitrogen and oxygen atoms in total. The molecule has 1 aromatic heterocycles. The highest BCUT2D eigenvalue weighted by Crippen LogP contribution is 2.25. The van der Waals surface area contributed by atoms with Gasteiger partial charge in [0.25, 0.3) is 0 Å². The summed E-state index contributed by atoms with van der Waals surface area (Å²) in [6, 6.07) is 4.94. The average Bonchev–Trinajstić information content (AvgIpc) is 2.70. The Bertz CT molecular complexity index is 560. The summed E-state index contributed by atoms with van der Waals surface area (Å²) in [4.78, 5) is 4.45. The van der Waals surface area contributed by atoms with Crippen LogP contribution in [0.5, 0.6) is 0 Å². The molecule has 0 fully saturated rings. The van der Waals surface area contributed by atoms with Gasteiger partial charge in [0.1, 0.15) is 11.3 Å². The third kappa shape index (κ3) is 2.78. The van der Waals surface area contributed by atoms with Gasteiger partial charge in [0, 0.05) is 6.54 Å². The molecule has 1 unspecified atom stereocenters. The first-order valence-corrected chi connectivity index (χ1v) is 6.94. The van der Waals surface area contributed by atoms with E-state index >= 15 is 0 Å². The summed E-state index contributed by atoms with van der Waals surface area (Å²) in [6.45, 7) is 7.18. The molecule has 0 saturated heterocycles. The quantitative estimate of drug-likeness (QED) is 0.895. The van der Waals surface area contributed by atoms with Crippen molar-refractivity contribution in [3.05, 3.63) is 29.8 Å². The standard InChI is InChI=1S/C15H22FN3/c1-4-8-19-13-7-5-6-11(16)14(13)18-15(19)12(17)9-10(2)3/h5-7,10,12H,4,8-9,17H2,1-3H3. The first-order chi connectivity index (χ1) is 9.04. The van der Waals surface area contributed by atoms with Gasteiger partial charge in [-0.1, -0.05) is 26.8 Å². The van der Waals surface area contributed by atoms with E-state index < -0.39 is 0 Å². The van der Waals surface area contributed by atoms with E-state index in [1.807, 2.05) is 6.07 Å². The molecule has 1 aromatic carbocycles. The summed E-state index contributed by atoms with van der Waals surface area (Å²) in [5.74, 6) is 1.02. The molecule has 4 heteroatoms. The number of fused-ring (bicyclic) bond motifs is 1. The van der Waals surface area contributed by atoms with Crippen LogP contribution in [0.1, 0.15) is 45.5 Å². The topological polar surface area (TPSA) is 43.8 Å². The van der Waals surface area contributed by atoms with E-state index in [2.05, 4.69) is 30.3 Å². The molecule has 0 radical (unpaired) electrons. The third-order valence-corrected chi connectivity index (χ3v) is 3.26. The predicted octanol–water partition coefficient (Wildman–Crippen LogP) is 3.63. The van der Waals surface area contributed by atoms with E-state index in [1.165, 1.54) is 6.07 Å².